The van der Waals surface area contributed by atoms with Crippen LogP contribution in [0.15, 0.2) is 30.3 Å². The lowest BCUT2D eigenvalue weighted by molar-refractivity contribution is -0.147. The van der Waals surface area contributed by atoms with Gasteiger partial charge in [-0.05, 0) is 37.7 Å². The van der Waals surface area contributed by atoms with E-state index in [-0.39, 0.29) is 30.2 Å². The van der Waals surface area contributed by atoms with Gasteiger partial charge < -0.3 is 30.1 Å². The fraction of sp³-hybridized carbons (Fsp3) is 0.710. The molecule has 4 saturated heterocycles. The van der Waals surface area contributed by atoms with Gasteiger partial charge >= 0.3 is 0 Å². The van der Waals surface area contributed by atoms with Crippen molar-refractivity contribution in [2.45, 2.75) is 69.7 Å². The number of amides is 3. The van der Waals surface area contributed by atoms with Gasteiger partial charge in [0.15, 0.2) is 0 Å². The predicted molar refractivity (Wildman–Crippen MR) is 153 cm³/mol. The molecule has 0 aliphatic carbocycles. The summed E-state index contributed by atoms with van der Waals surface area (Å²) in [6.45, 7) is 9.20. The monoisotopic (exact) mass is 570 g/mol. The third-order valence-corrected chi connectivity index (χ3v) is 9.79. The molecule has 2 bridgehead atoms. The van der Waals surface area contributed by atoms with Gasteiger partial charge in [0.05, 0.1) is 30.7 Å². The van der Waals surface area contributed by atoms with Crippen LogP contribution in [0.25, 0.3) is 0 Å². The number of hydrogen-bond donors (Lipinski definition) is 3. The first-order valence-corrected chi connectivity index (χ1v) is 15.3. The van der Waals surface area contributed by atoms with Gasteiger partial charge in [0.25, 0.3) is 0 Å². The average molecular weight is 571 g/mol. The van der Waals surface area contributed by atoms with Crippen LogP contribution in [0.2, 0.25) is 0 Å². The van der Waals surface area contributed by atoms with Gasteiger partial charge in [0, 0.05) is 45.9 Å². The summed E-state index contributed by atoms with van der Waals surface area (Å²) in [6, 6.07) is 8.94. The molecule has 5 rings (SSSR count). The third-order valence-electron chi connectivity index (χ3n) is 9.79. The van der Waals surface area contributed by atoms with Crippen LogP contribution >= 0.6 is 0 Å². The molecule has 0 radical (unpaired) electrons. The number of likely N-dealkylation sites (tertiary alicyclic amines) is 1. The van der Waals surface area contributed by atoms with Crippen LogP contribution in [0.1, 0.15) is 51.5 Å². The molecule has 1 aromatic rings. The van der Waals surface area contributed by atoms with Crippen LogP contribution in [0.3, 0.4) is 0 Å². The highest BCUT2D eigenvalue weighted by molar-refractivity contribution is 5.99. The number of aliphatic hydroxyl groups excluding tert-OH is 1. The summed E-state index contributed by atoms with van der Waals surface area (Å²) in [5.41, 5.74) is -0.882. The molecule has 10 heteroatoms. The van der Waals surface area contributed by atoms with Crippen LogP contribution in [-0.2, 0) is 30.4 Å². The number of nitrogens with zero attached hydrogens (tertiary/aromatic N) is 2. The Hall–Kier alpha value is -2.53. The van der Waals surface area contributed by atoms with Crippen LogP contribution in [-0.4, -0.2) is 102 Å². The number of carbonyl (C=O) groups is 3. The Balaban J connectivity index is 1.36. The standard InChI is InChI=1S/C31H46N4O6/c1-22-20-31-25(24(30(22,2)41-31)27(37)33-21-23-10-6-5-7-11-23)29(39)35(13-8-3-4-9-17-36)26(31)28(38)32-12-14-34-15-18-40-19-16-34/h5-7,10-11,22,24-26,36H,3-4,8-9,12-21H2,1-2H3,(H,32,38)(H,33,37)/t22?,24-,25-,26?,30+,31?/m0/s1. The lowest BCUT2D eigenvalue weighted by Gasteiger charge is -2.36. The quantitative estimate of drug-likeness (QED) is 0.306. The minimum atomic E-state index is -1.03. The number of rotatable bonds is 13. The van der Waals surface area contributed by atoms with Gasteiger partial charge in [-0.2, -0.15) is 0 Å². The molecule has 1 aromatic carbocycles. The highest BCUT2D eigenvalue weighted by atomic mass is 16.5. The van der Waals surface area contributed by atoms with E-state index in [1.54, 1.807) is 4.90 Å². The van der Waals surface area contributed by atoms with Gasteiger partial charge in [0.2, 0.25) is 17.7 Å². The van der Waals surface area contributed by atoms with Gasteiger partial charge in [-0.1, -0.05) is 50.1 Å². The summed E-state index contributed by atoms with van der Waals surface area (Å²) < 4.78 is 12.2. The fourth-order valence-electron chi connectivity index (χ4n) is 7.58. The maximum atomic E-state index is 14.2. The molecular formula is C31H46N4O6. The first-order valence-electron chi connectivity index (χ1n) is 15.3. The van der Waals surface area contributed by atoms with E-state index in [4.69, 9.17) is 14.6 Å². The number of benzene rings is 1. The zero-order chi connectivity index (χ0) is 29.0. The van der Waals surface area contributed by atoms with Crippen molar-refractivity contribution in [3.63, 3.8) is 0 Å². The minimum absolute atomic E-state index is 0.00665. The van der Waals surface area contributed by atoms with Crippen LogP contribution in [0.4, 0.5) is 0 Å². The van der Waals surface area contributed by atoms with Crippen molar-refractivity contribution in [1.82, 2.24) is 20.4 Å². The predicted octanol–water partition coefficient (Wildman–Crippen LogP) is 1.31. The lowest BCUT2D eigenvalue weighted by atomic mass is 9.62. The largest absolute Gasteiger partial charge is 0.396 e. The number of nitrogens with one attached hydrogen (secondary N) is 2. The van der Waals surface area contributed by atoms with E-state index in [1.807, 2.05) is 37.3 Å². The number of carbonyl (C=O) groups excluding carboxylic acids is 3. The van der Waals surface area contributed by atoms with Crippen molar-refractivity contribution in [3.05, 3.63) is 35.9 Å². The molecule has 4 heterocycles. The van der Waals surface area contributed by atoms with Crippen molar-refractivity contribution in [2.75, 3.05) is 52.5 Å². The van der Waals surface area contributed by atoms with E-state index >= 15 is 0 Å². The maximum absolute atomic E-state index is 14.2. The second-order valence-electron chi connectivity index (χ2n) is 12.3. The SMILES string of the molecule is CC1CC23O[C@@]1(C)[C@H](C(=O)NCc1ccccc1)[C@H]2C(=O)N(CCCCCCO)C3C(=O)NCCN1CCOCC1. The zero-order valence-corrected chi connectivity index (χ0v) is 24.5. The van der Waals surface area contributed by atoms with Crippen molar-refractivity contribution in [3.8, 4) is 0 Å². The zero-order valence-electron chi connectivity index (χ0n) is 24.5. The smallest absolute Gasteiger partial charge is 0.245 e. The maximum Gasteiger partial charge on any atom is 0.245 e. The summed E-state index contributed by atoms with van der Waals surface area (Å²) >= 11 is 0. The molecular weight excluding hydrogens is 524 g/mol. The normalized spacial score (nSPS) is 32.8. The molecule has 3 unspecified atom stereocenters. The first kappa shape index (κ1) is 29.9. The molecule has 4 aliphatic rings. The Kier molecular flexibility index (Phi) is 9.33. The number of aliphatic hydroxyl groups is 1. The molecule has 3 N–H and O–H groups in total. The van der Waals surface area contributed by atoms with Crippen molar-refractivity contribution < 1.29 is 29.0 Å². The third kappa shape index (κ3) is 5.76. The first-order chi connectivity index (χ1) is 19.8. The molecule has 6 atom stereocenters. The van der Waals surface area contributed by atoms with Crippen LogP contribution in [0.5, 0.6) is 0 Å². The minimum Gasteiger partial charge on any atom is -0.396 e. The number of morpholine rings is 1. The second kappa shape index (κ2) is 12.8. The number of fused-ring (bicyclic) bond motifs is 1. The van der Waals surface area contributed by atoms with E-state index in [9.17, 15) is 14.4 Å². The summed E-state index contributed by atoms with van der Waals surface area (Å²) in [6.07, 6.45) is 3.71. The van der Waals surface area contributed by atoms with Gasteiger partial charge in [0.1, 0.15) is 11.6 Å². The Morgan fingerprint density at radius 3 is 2.49 bits per heavy atom. The van der Waals surface area contributed by atoms with Crippen molar-refractivity contribution in [2.24, 2.45) is 17.8 Å². The molecule has 41 heavy (non-hydrogen) atoms. The Morgan fingerprint density at radius 2 is 1.76 bits per heavy atom. The fourth-order valence-corrected chi connectivity index (χ4v) is 7.58. The van der Waals surface area contributed by atoms with Crippen LogP contribution < -0.4 is 10.6 Å². The molecule has 1 spiro atoms. The van der Waals surface area contributed by atoms with Gasteiger partial charge in [-0.3, -0.25) is 19.3 Å². The van der Waals surface area contributed by atoms with Gasteiger partial charge in [-0.15, -0.1) is 0 Å². The molecule has 226 valence electrons. The Bertz CT molecular complexity index is 1080. The van der Waals surface area contributed by atoms with E-state index in [0.29, 0.717) is 52.2 Å². The highest BCUT2D eigenvalue weighted by Crippen LogP contribution is 2.65. The molecule has 10 nitrogen and oxygen atoms in total. The van der Waals surface area contributed by atoms with Crippen molar-refractivity contribution >= 4 is 17.7 Å². The Labute approximate surface area is 243 Å². The number of ether oxygens (including phenoxy) is 2. The number of hydrogen-bond acceptors (Lipinski definition) is 7. The van der Waals surface area contributed by atoms with E-state index in [1.165, 1.54) is 0 Å². The second-order valence-corrected chi connectivity index (χ2v) is 12.3. The lowest BCUT2D eigenvalue weighted by Crippen LogP contribution is -2.56. The molecule has 4 fully saturated rings. The molecule has 4 aliphatic heterocycles. The van der Waals surface area contributed by atoms with Gasteiger partial charge in [-0.25, -0.2) is 0 Å². The molecule has 0 aromatic heterocycles. The van der Waals surface area contributed by atoms with E-state index in [0.717, 1.165) is 37.9 Å². The topological polar surface area (TPSA) is 120 Å². The number of unbranched alkanes of at least 4 members (excludes halogenated alkanes) is 3. The highest BCUT2D eigenvalue weighted by Gasteiger charge is 2.79. The summed E-state index contributed by atoms with van der Waals surface area (Å²) in [7, 11) is 0. The summed E-state index contributed by atoms with van der Waals surface area (Å²) in [4.78, 5) is 45.9. The van der Waals surface area contributed by atoms with Crippen molar-refractivity contribution in [1.29, 1.82) is 0 Å². The molecule has 3 amide bonds. The molecule has 0 saturated carbocycles. The summed E-state index contributed by atoms with van der Waals surface area (Å²) in [5, 5.41) is 15.3. The Morgan fingerprint density at radius 1 is 1.02 bits per heavy atom. The van der Waals surface area contributed by atoms with E-state index in [2.05, 4.69) is 22.5 Å². The van der Waals surface area contributed by atoms with Crippen LogP contribution in [0, 0.1) is 17.8 Å². The average Bonchev–Trinajstić information content (AvgIpc) is 3.49. The van der Waals surface area contributed by atoms with E-state index < -0.39 is 29.1 Å². The summed E-state index contributed by atoms with van der Waals surface area (Å²) in [5.74, 6) is -1.92.